The van der Waals surface area contributed by atoms with Crippen molar-refractivity contribution in [3.63, 3.8) is 0 Å². The van der Waals surface area contributed by atoms with Gasteiger partial charge in [0.15, 0.2) is 0 Å². The molecule has 0 saturated carbocycles. The van der Waals surface area contributed by atoms with Crippen molar-refractivity contribution in [1.29, 1.82) is 0 Å². The summed E-state index contributed by atoms with van der Waals surface area (Å²) in [6.45, 7) is 0.0411. The van der Waals surface area contributed by atoms with Crippen molar-refractivity contribution in [3.8, 4) is 0 Å². The van der Waals surface area contributed by atoms with Crippen molar-refractivity contribution in [2.45, 2.75) is 12.5 Å². The summed E-state index contributed by atoms with van der Waals surface area (Å²) in [6.07, 6.45) is -0.316. The van der Waals surface area contributed by atoms with Gasteiger partial charge in [-0.1, -0.05) is 21.6 Å². The third-order valence-corrected chi connectivity index (χ3v) is 7.11. The molecule has 9 nitrogen and oxygen atoms in total. The van der Waals surface area contributed by atoms with Crippen LogP contribution in [0.4, 0.5) is 0 Å². The minimum absolute atomic E-state index is 0.0497. The third-order valence-electron chi connectivity index (χ3n) is 2.66. The molecule has 1 heterocycles. The number of hydrogen-bond donors (Lipinski definition) is 1. The number of phosphoric ester groups is 2. The number of hydrogen-bond acceptors (Lipinski definition) is 11. The highest BCUT2D eigenvalue weighted by atomic mass is 33.1. The highest BCUT2D eigenvalue weighted by Crippen LogP contribution is 2.46. The fraction of sp³-hybridized carbons (Fsp3) is 1.00. The minimum Gasteiger partial charge on any atom is -0.756 e. The van der Waals surface area contributed by atoms with E-state index in [1.807, 2.05) is 0 Å². The number of rotatable bonds is 10. The standard InChI is InChI=1S/C9H21NO8P2S2/c1-15-19(11,12)18-9-7-22-21-6-8(9)5-17-20(13,14)16-4-2-3-10/h8-9H,2-7,10H2,1H3,(H,11,12)(H,13,14)/p-2. The highest BCUT2D eigenvalue weighted by Gasteiger charge is 2.31. The van der Waals surface area contributed by atoms with Gasteiger partial charge in [0.1, 0.15) is 0 Å². The smallest absolute Gasteiger partial charge is 0.267 e. The average molecular weight is 395 g/mol. The minimum atomic E-state index is -4.43. The second kappa shape index (κ2) is 10.0. The zero-order valence-corrected chi connectivity index (χ0v) is 15.4. The van der Waals surface area contributed by atoms with Gasteiger partial charge in [0.05, 0.1) is 19.3 Å². The van der Waals surface area contributed by atoms with Crippen LogP contribution in [-0.4, -0.2) is 44.5 Å². The van der Waals surface area contributed by atoms with Gasteiger partial charge in [-0.25, -0.2) is 0 Å². The van der Waals surface area contributed by atoms with E-state index in [9.17, 15) is 18.9 Å². The second-order valence-electron chi connectivity index (χ2n) is 4.32. The second-order valence-corrected chi connectivity index (χ2v) is 9.75. The molecule has 22 heavy (non-hydrogen) atoms. The first-order valence-electron chi connectivity index (χ1n) is 6.39. The molecule has 1 saturated heterocycles. The van der Waals surface area contributed by atoms with Crippen molar-refractivity contribution in [2.24, 2.45) is 11.7 Å². The van der Waals surface area contributed by atoms with Crippen LogP contribution in [0.3, 0.4) is 0 Å². The van der Waals surface area contributed by atoms with Gasteiger partial charge in [0, 0.05) is 24.5 Å². The molecule has 4 atom stereocenters. The van der Waals surface area contributed by atoms with Gasteiger partial charge in [-0.15, -0.1) is 0 Å². The van der Waals surface area contributed by atoms with E-state index in [1.54, 1.807) is 0 Å². The van der Waals surface area contributed by atoms with E-state index in [1.165, 1.54) is 21.6 Å². The molecule has 132 valence electrons. The zero-order valence-electron chi connectivity index (χ0n) is 12.0. The Labute approximate surface area is 137 Å². The van der Waals surface area contributed by atoms with E-state index < -0.39 is 27.7 Å². The summed E-state index contributed by atoms with van der Waals surface area (Å²) in [5, 5.41) is 0. The number of nitrogens with two attached hydrogens (primary N) is 1. The summed E-state index contributed by atoms with van der Waals surface area (Å²) >= 11 is 0. The molecule has 0 aliphatic carbocycles. The summed E-state index contributed by atoms with van der Waals surface area (Å²) in [7, 11) is -4.89. The van der Waals surface area contributed by atoms with Crippen LogP contribution >= 0.6 is 37.2 Å². The molecular formula is C9H19NO8P2S2-2. The molecule has 0 aromatic heterocycles. The van der Waals surface area contributed by atoms with Crippen LogP contribution in [0.25, 0.3) is 0 Å². The molecule has 1 aliphatic rings. The molecule has 0 amide bonds. The van der Waals surface area contributed by atoms with E-state index in [-0.39, 0.29) is 13.2 Å². The molecule has 0 aromatic carbocycles. The lowest BCUT2D eigenvalue weighted by atomic mass is 10.1. The Balaban J connectivity index is 2.50. The fourth-order valence-electron chi connectivity index (χ4n) is 1.46. The van der Waals surface area contributed by atoms with Crippen LogP contribution in [0, 0.1) is 5.92 Å². The van der Waals surface area contributed by atoms with Gasteiger partial charge >= 0.3 is 0 Å². The lowest BCUT2D eigenvalue weighted by Crippen LogP contribution is -2.35. The maximum Gasteiger partial charge on any atom is 0.267 e. The Morgan fingerprint density at radius 3 is 2.50 bits per heavy atom. The van der Waals surface area contributed by atoms with Crippen molar-refractivity contribution in [2.75, 3.05) is 38.4 Å². The first kappa shape index (κ1) is 20.9. The van der Waals surface area contributed by atoms with Crippen molar-refractivity contribution < 1.29 is 37.0 Å². The van der Waals surface area contributed by atoms with Gasteiger partial charge in [-0.2, -0.15) is 0 Å². The first-order chi connectivity index (χ1) is 10.3. The van der Waals surface area contributed by atoms with E-state index in [0.717, 1.165) is 7.11 Å². The predicted octanol–water partition coefficient (Wildman–Crippen LogP) is 0.348. The third kappa shape index (κ3) is 8.12. The largest absolute Gasteiger partial charge is 0.756 e. The van der Waals surface area contributed by atoms with Crippen LogP contribution in [0.2, 0.25) is 0 Å². The normalized spacial score (nSPS) is 28.0. The van der Waals surface area contributed by atoms with Crippen LogP contribution in [0.1, 0.15) is 6.42 Å². The van der Waals surface area contributed by atoms with Crippen LogP contribution in [0.15, 0.2) is 0 Å². The summed E-state index contributed by atoms with van der Waals surface area (Å²) < 4.78 is 41.5. The summed E-state index contributed by atoms with van der Waals surface area (Å²) in [4.78, 5) is 22.9. The van der Waals surface area contributed by atoms with Gasteiger partial charge < -0.3 is 33.6 Å². The molecule has 2 N–H and O–H groups in total. The molecule has 0 aromatic rings. The van der Waals surface area contributed by atoms with Crippen LogP contribution in [-0.2, 0) is 27.2 Å². The molecule has 4 unspecified atom stereocenters. The Hall–Kier alpha value is 0.880. The fourth-order valence-corrected chi connectivity index (χ4v) is 5.68. The summed E-state index contributed by atoms with van der Waals surface area (Å²) in [5.41, 5.74) is 5.24. The highest BCUT2D eigenvalue weighted by molar-refractivity contribution is 8.76. The van der Waals surface area contributed by atoms with E-state index in [0.29, 0.717) is 24.5 Å². The molecule has 1 fully saturated rings. The van der Waals surface area contributed by atoms with Gasteiger partial charge in [-0.3, -0.25) is 9.13 Å². The van der Waals surface area contributed by atoms with E-state index in [2.05, 4.69) is 9.05 Å². The zero-order chi connectivity index (χ0) is 16.6. The molecule has 0 bridgehead atoms. The molecule has 1 rings (SSSR count). The molecule has 1 aliphatic heterocycles. The Morgan fingerprint density at radius 1 is 1.18 bits per heavy atom. The van der Waals surface area contributed by atoms with Crippen molar-refractivity contribution in [1.82, 2.24) is 0 Å². The quantitative estimate of drug-likeness (QED) is 0.311. The molecule has 0 radical (unpaired) electrons. The maximum absolute atomic E-state index is 11.5. The predicted molar refractivity (Wildman–Crippen MR) is 81.1 cm³/mol. The van der Waals surface area contributed by atoms with E-state index in [4.69, 9.17) is 14.8 Å². The Bertz CT molecular complexity index is 428. The number of phosphoric acid groups is 2. The van der Waals surface area contributed by atoms with Gasteiger partial charge in [0.25, 0.3) is 15.6 Å². The van der Waals surface area contributed by atoms with Gasteiger partial charge in [-0.05, 0) is 13.0 Å². The Kier molecular flexibility index (Phi) is 9.51. The molecule has 13 heteroatoms. The van der Waals surface area contributed by atoms with Crippen LogP contribution < -0.4 is 15.5 Å². The first-order valence-corrected chi connectivity index (χ1v) is 11.8. The lowest BCUT2D eigenvalue weighted by molar-refractivity contribution is -0.230. The summed E-state index contributed by atoms with van der Waals surface area (Å²) in [6, 6.07) is 0. The SMILES string of the molecule is COP(=O)([O-])OC1CSSCC1COP(=O)([O-])OCCCN. The van der Waals surface area contributed by atoms with Crippen molar-refractivity contribution >= 4 is 37.2 Å². The average Bonchev–Trinajstić information content (AvgIpc) is 2.46. The van der Waals surface area contributed by atoms with Crippen LogP contribution in [0.5, 0.6) is 0 Å². The molecule has 0 spiro atoms. The maximum atomic E-state index is 11.5. The van der Waals surface area contributed by atoms with Crippen molar-refractivity contribution in [3.05, 3.63) is 0 Å². The Morgan fingerprint density at radius 2 is 1.86 bits per heavy atom. The monoisotopic (exact) mass is 395 g/mol. The lowest BCUT2D eigenvalue weighted by Gasteiger charge is -2.35. The van der Waals surface area contributed by atoms with Gasteiger partial charge in [0.2, 0.25) is 0 Å². The van der Waals surface area contributed by atoms with E-state index >= 15 is 0 Å². The topological polar surface area (TPSA) is 143 Å². The molecular weight excluding hydrogens is 376 g/mol. The summed E-state index contributed by atoms with van der Waals surface area (Å²) in [5.74, 6) is 0.455.